The van der Waals surface area contributed by atoms with Crippen molar-refractivity contribution in [1.82, 2.24) is 0 Å². The van der Waals surface area contributed by atoms with Crippen LogP contribution in [0.25, 0.3) is 0 Å². The van der Waals surface area contributed by atoms with E-state index < -0.39 is 10.8 Å². The minimum absolute atomic E-state index is 0.160. The summed E-state index contributed by atoms with van der Waals surface area (Å²) in [6, 6.07) is 8.55. The molecule has 2 rings (SSSR count). The molecular formula is C16H15ClN2O5. The Morgan fingerprint density at radius 1 is 1.25 bits per heavy atom. The van der Waals surface area contributed by atoms with Gasteiger partial charge in [0.25, 0.3) is 11.6 Å². The van der Waals surface area contributed by atoms with Gasteiger partial charge in [0.1, 0.15) is 11.5 Å². The number of amides is 1. The van der Waals surface area contributed by atoms with E-state index in [4.69, 9.17) is 21.1 Å². The number of nitro groups is 1. The van der Waals surface area contributed by atoms with Gasteiger partial charge in [0.05, 0.1) is 29.9 Å². The van der Waals surface area contributed by atoms with Crippen molar-refractivity contribution in [3.63, 3.8) is 0 Å². The van der Waals surface area contributed by atoms with Gasteiger partial charge in [-0.15, -0.1) is 0 Å². The number of methoxy groups -OCH3 is 1. The van der Waals surface area contributed by atoms with Crippen LogP contribution >= 0.6 is 11.6 Å². The molecule has 0 unspecified atom stereocenters. The first-order valence-electron chi connectivity index (χ1n) is 7.02. The third-order valence-electron chi connectivity index (χ3n) is 3.13. The van der Waals surface area contributed by atoms with E-state index in [2.05, 4.69) is 5.32 Å². The molecule has 2 aromatic rings. The average Bonchev–Trinajstić information content (AvgIpc) is 2.55. The van der Waals surface area contributed by atoms with Crippen LogP contribution in [0.15, 0.2) is 36.4 Å². The van der Waals surface area contributed by atoms with Crippen LogP contribution in [-0.4, -0.2) is 24.5 Å². The van der Waals surface area contributed by atoms with Gasteiger partial charge in [-0.1, -0.05) is 11.6 Å². The van der Waals surface area contributed by atoms with E-state index in [9.17, 15) is 14.9 Å². The monoisotopic (exact) mass is 350 g/mol. The fourth-order valence-electron chi connectivity index (χ4n) is 2.06. The summed E-state index contributed by atoms with van der Waals surface area (Å²) in [6.07, 6.45) is 0. The largest absolute Gasteiger partial charge is 0.495 e. The SMILES string of the molecule is CCOc1cc(Cl)ccc1C(=O)Nc1cc([N+](=O)[O-])ccc1OC. The summed E-state index contributed by atoms with van der Waals surface area (Å²) in [5.74, 6) is 0.140. The second-order valence-corrected chi connectivity index (χ2v) is 5.11. The summed E-state index contributed by atoms with van der Waals surface area (Å²) >= 11 is 5.91. The van der Waals surface area contributed by atoms with Gasteiger partial charge in [0.2, 0.25) is 0 Å². The van der Waals surface area contributed by atoms with Crippen molar-refractivity contribution in [2.45, 2.75) is 6.92 Å². The van der Waals surface area contributed by atoms with E-state index in [1.165, 1.54) is 37.4 Å². The van der Waals surface area contributed by atoms with Crippen molar-refractivity contribution in [2.24, 2.45) is 0 Å². The van der Waals surface area contributed by atoms with Crippen molar-refractivity contribution >= 4 is 28.9 Å². The molecule has 0 atom stereocenters. The fraction of sp³-hybridized carbons (Fsp3) is 0.188. The van der Waals surface area contributed by atoms with Crippen molar-refractivity contribution in [3.8, 4) is 11.5 Å². The van der Waals surface area contributed by atoms with Crippen LogP contribution in [0.4, 0.5) is 11.4 Å². The lowest BCUT2D eigenvalue weighted by Crippen LogP contribution is -2.14. The van der Waals surface area contributed by atoms with Crippen LogP contribution in [0.1, 0.15) is 17.3 Å². The number of non-ortho nitro benzene ring substituents is 1. The van der Waals surface area contributed by atoms with Crippen molar-refractivity contribution in [2.75, 3.05) is 19.0 Å². The molecule has 8 heteroatoms. The molecule has 0 aliphatic heterocycles. The summed E-state index contributed by atoms with van der Waals surface area (Å²) < 4.78 is 10.5. The lowest BCUT2D eigenvalue weighted by Gasteiger charge is -2.13. The van der Waals surface area contributed by atoms with Gasteiger partial charge in [-0.25, -0.2) is 0 Å². The van der Waals surface area contributed by atoms with Crippen LogP contribution in [0.3, 0.4) is 0 Å². The van der Waals surface area contributed by atoms with E-state index >= 15 is 0 Å². The molecule has 0 bridgehead atoms. The van der Waals surface area contributed by atoms with Crippen molar-refractivity contribution in [3.05, 3.63) is 57.1 Å². The Bertz CT molecular complexity index is 779. The molecule has 0 saturated carbocycles. The summed E-state index contributed by atoms with van der Waals surface area (Å²) in [6.45, 7) is 2.15. The number of hydrogen-bond acceptors (Lipinski definition) is 5. The molecule has 2 aromatic carbocycles. The molecule has 0 aromatic heterocycles. The molecule has 126 valence electrons. The van der Waals surface area contributed by atoms with Gasteiger partial charge < -0.3 is 14.8 Å². The molecule has 0 fully saturated rings. The highest BCUT2D eigenvalue weighted by Gasteiger charge is 2.17. The zero-order valence-corrected chi connectivity index (χ0v) is 13.8. The van der Waals surface area contributed by atoms with Crippen molar-refractivity contribution in [1.29, 1.82) is 0 Å². The maximum absolute atomic E-state index is 12.5. The highest BCUT2D eigenvalue weighted by molar-refractivity contribution is 6.31. The lowest BCUT2D eigenvalue weighted by atomic mass is 10.1. The molecule has 1 N–H and O–H groups in total. The molecule has 0 saturated heterocycles. The number of benzene rings is 2. The van der Waals surface area contributed by atoms with Crippen LogP contribution in [0, 0.1) is 10.1 Å². The average molecular weight is 351 g/mol. The highest BCUT2D eigenvalue weighted by Crippen LogP contribution is 2.30. The molecule has 0 aliphatic carbocycles. The van der Waals surface area contributed by atoms with Gasteiger partial charge in [-0.3, -0.25) is 14.9 Å². The van der Waals surface area contributed by atoms with E-state index in [1.54, 1.807) is 13.0 Å². The first kappa shape index (κ1) is 17.6. The Hall–Kier alpha value is -2.80. The van der Waals surface area contributed by atoms with Crippen LogP contribution in [0.5, 0.6) is 11.5 Å². The van der Waals surface area contributed by atoms with E-state index in [1.807, 2.05) is 0 Å². The number of halogens is 1. The second kappa shape index (κ2) is 7.65. The smallest absolute Gasteiger partial charge is 0.271 e. The van der Waals surface area contributed by atoms with E-state index in [0.717, 1.165) is 0 Å². The maximum atomic E-state index is 12.5. The van der Waals surface area contributed by atoms with E-state index in [-0.39, 0.29) is 16.9 Å². The van der Waals surface area contributed by atoms with Gasteiger partial charge in [0.15, 0.2) is 0 Å². The van der Waals surface area contributed by atoms with Gasteiger partial charge in [0, 0.05) is 17.2 Å². The quantitative estimate of drug-likeness (QED) is 0.630. The predicted octanol–water partition coefficient (Wildman–Crippen LogP) is 3.91. The normalized spacial score (nSPS) is 10.1. The first-order chi connectivity index (χ1) is 11.5. The third-order valence-corrected chi connectivity index (χ3v) is 3.37. The van der Waals surface area contributed by atoms with Gasteiger partial charge in [-0.2, -0.15) is 0 Å². The third kappa shape index (κ3) is 3.94. The second-order valence-electron chi connectivity index (χ2n) is 4.67. The number of carbonyl (C=O) groups excluding carboxylic acids is 1. The standard InChI is InChI=1S/C16H15ClN2O5/c1-3-24-15-8-10(17)4-6-12(15)16(20)18-13-9-11(19(21)22)5-7-14(13)23-2/h4-9H,3H2,1-2H3,(H,18,20). The Balaban J connectivity index is 2.36. The zero-order valence-electron chi connectivity index (χ0n) is 13.0. The number of hydrogen-bond donors (Lipinski definition) is 1. The number of rotatable bonds is 6. The van der Waals surface area contributed by atoms with Gasteiger partial charge >= 0.3 is 0 Å². The minimum atomic E-state index is -0.553. The first-order valence-corrected chi connectivity index (χ1v) is 7.40. The lowest BCUT2D eigenvalue weighted by molar-refractivity contribution is -0.384. The molecular weight excluding hydrogens is 336 g/mol. The van der Waals surface area contributed by atoms with Crippen LogP contribution < -0.4 is 14.8 Å². The molecule has 1 amide bonds. The molecule has 7 nitrogen and oxygen atoms in total. The number of nitrogens with one attached hydrogen (secondary N) is 1. The molecule has 0 radical (unpaired) electrons. The summed E-state index contributed by atoms with van der Waals surface area (Å²) in [4.78, 5) is 22.9. The summed E-state index contributed by atoms with van der Waals surface area (Å²) in [5.41, 5.74) is 0.288. The number of nitro benzene ring substituents is 1. The predicted molar refractivity (Wildman–Crippen MR) is 90.2 cm³/mol. The highest BCUT2D eigenvalue weighted by atomic mass is 35.5. The summed E-state index contributed by atoms with van der Waals surface area (Å²) in [5, 5.41) is 13.9. The Labute approximate surface area is 143 Å². The molecule has 0 heterocycles. The topological polar surface area (TPSA) is 90.7 Å². The molecule has 0 aliphatic rings. The number of ether oxygens (including phenoxy) is 2. The number of carbonyl (C=O) groups is 1. The number of anilines is 1. The van der Waals surface area contributed by atoms with Gasteiger partial charge in [-0.05, 0) is 31.2 Å². The number of nitrogens with zero attached hydrogens (tertiary/aromatic N) is 1. The maximum Gasteiger partial charge on any atom is 0.271 e. The van der Waals surface area contributed by atoms with E-state index in [0.29, 0.717) is 23.1 Å². The van der Waals surface area contributed by atoms with Crippen molar-refractivity contribution < 1.29 is 19.2 Å². The van der Waals surface area contributed by atoms with Crippen LogP contribution in [-0.2, 0) is 0 Å². The fourth-order valence-corrected chi connectivity index (χ4v) is 2.22. The minimum Gasteiger partial charge on any atom is -0.495 e. The van der Waals surface area contributed by atoms with Crippen LogP contribution in [0.2, 0.25) is 5.02 Å². The Kier molecular flexibility index (Phi) is 5.59. The Morgan fingerprint density at radius 3 is 2.62 bits per heavy atom. The molecule has 24 heavy (non-hydrogen) atoms. The Morgan fingerprint density at radius 2 is 2.00 bits per heavy atom. The summed E-state index contributed by atoms with van der Waals surface area (Å²) in [7, 11) is 1.41. The zero-order chi connectivity index (χ0) is 17.7. The molecule has 0 spiro atoms.